The third-order valence-electron chi connectivity index (χ3n) is 2.42. The molecule has 16 heavy (non-hydrogen) atoms. The third kappa shape index (κ3) is 3.92. The van der Waals surface area contributed by atoms with E-state index in [9.17, 15) is 4.79 Å². The van der Waals surface area contributed by atoms with Crippen molar-refractivity contribution in [2.75, 3.05) is 27.2 Å². The van der Waals surface area contributed by atoms with Crippen molar-refractivity contribution in [3.63, 3.8) is 0 Å². The summed E-state index contributed by atoms with van der Waals surface area (Å²) >= 11 is 1.67. The van der Waals surface area contributed by atoms with Gasteiger partial charge >= 0.3 is 0 Å². The van der Waals surface area contributed by atoms with Gasteiger partial charge in [-0.25, -0.2) is 0 Å². The summed E-state index contributed by atoms with van der Waals surface area (Å²) in [6.45, 7) is 1.03. The summed E-state index contributed by atoms with van der Waals surface area (Å²) in [4.78, 5) is 13.4. The number of hydrogen-bond donors (Lipinski definition) is 2. The lowest BCUT2D eigenvalue weighted by Crippen LogP contribution is -2.35. The maximum atomic E-state index is 11.3. The molecule has 1 amide bonds. The standard InChI is InChI=1S/C11H19N3OS/c1-14(2)10(9-4-6-16-8-9)7-13-11(15)3-5-12/h4,6,8,10H,3,5,7,12H2,1-2H3,(H,13,15). The van der Waals surface area contributed by atoms with Crippen molar-refractivity contribution >= 4 is 17.2 Å². The van der Waals surface area contributed by atoms with E-state index in [2.05, 4.69) is 21.7 Å². The van der Waals surface area contributed by atoms with Gasteiger partial charge < -0.3 is 16.0 Å². The van der Waals surface area contributed by atoms with E-state index >= 15 is 0 Å². The van der Waals surface area contributed by atoms with Crippen LogP contribution in [0.4, 0.5) is 0 Å². The van der Waals surface area contributed by atoms with Gasteiger partial charge in [0.05, 0.1) is 6.04 Å². The average Bonchev–Trinajstić information content (AvgIpc) is 2.71. The summed E-state index contributed by atoms with van der Waals surface area (Å²) in [7, 11) is 4.02. The van der Waals surface area contributed by atoms with Crippen LogP contribution in [-0.4, -0.2) is 38.0 Å². The molecule has 0 fully saturated rings. The van der Waals surface area contributed by atoms with E-state index in [1.165, 1.54) is 5.56 Å². The van der Waals surface area contributed by atoms with Gasteiger partial charge in [0.2, 0.25) is 5.91 Å². The normalized spacial score (nSPS) is 12.8. The van der Waals surface area contributed by atoms with E-state index in [1.54, 1.807) is 11.3 Å². The molecule has 1 rings (SSSR count). The summed E-state index contributed by atoms with van der Waals surface area (Å²) < 4.78 is 0. The first-order valence-electron chi connectivity index (χ1n) is 5.30. The molecule has 1 atom stereocenters. The molecule has 3 N–H and O–H groups in total. The lowest BCUT2D eigenvalue weighted by molar-refractivity contribution is -0.121. The number of nitrogens with one attached hydrogen (secondary N) is 1. The summed E-state index contributed by atoms with van der Waals surface area (Å²) in [5, 5.41) is 7.06. The van der Waals surface area contributed by atoms with E-state index in [4.69, 9.17) is 5.73 Å². The van der Waals surface area contributed by atoms with E-state index in [0.717, 1.165) is 0 Å². The number of carbonyl (C=O) groups excluding carboxylic acids is 1. The topological polar surface area (TPSA) is 58.4 Å². The summed E-state index contributed by atoms with van der Waals surface area (Å²) in [5.74, 6) is 0.0181. The second-order valence-corrected chi connectivity index (χ2v) is 4.66. The smallest absolute Gasteiger partial charge is 0.221 e. The fourth-order valence-corrected chi connectivity index (χ4v) is 2.20. The van der Waals surface area contributed by atoms with Gasteiger partial charge in [-0.05, 0) is 36.5 Å². The molecule has 0 aliphatic rings. The van der Waals surface area contributed by atoms with Crippen LogP contribution in [0.5, 0.6) is 0 Å². The number of nitrogens with zero attached hydrogens (tertiary/aromatic N) is 1. The van der Waals surface area contributed by atoms with Crippen LogP contribution in [0.3, 0.4) is 0 Å². The average molecular weight is 241 g/mol. The highest BCUT2D eigenvalue weighted by atomic mass is 32.1. The molecule has 0 bridgehead atoms. The Balaban J connectivity index is 2.50. The number of hydrogen-bond acceptors (Lipinski definition) is 4. The fourth-order valence-electron chi connectivity index (χ4n) is 1.49. The molecule has 90 valence electrons. The highest BCUT2D eigenvalue weighted by Gasteiger charge is 2.15. The zero-order valence-corrected chi connectivity index (χ0v) is 10.6. The number of nitrogens with two attached hydrogens (primary N) is 1. The number of carbonyl (C=O) groups is 1. The fraction of sp³-hybridized carbons (Fsp3) is 0.545. The van der Waals surface area contributed by atoms with E-state index in [1.807, 2.05) is 19.5 Å². The molecule has 0 radical (unpaired) electrons. The molecule has 0 saturated carbocycles. The Labute approximate surface area is 100 Å². The quantitative estimate of drug-likeness (QED) is 0.775. The van der Waals surface area contributed by atoms with Crippen molar-refractivity contribution in [1.82, 2.24) is 10.2 Å². The minimum Gasteiger partial charge on any atom is -0.354 e. The van der Waals surface area contributed by atoms with Crippen molar-refractivity contribution in [2.24, 2.45) is 5.73 Å². The van der Waals surface area contributed by atoms with Crippen LogP contribution in [0.1, 0.15) is 18.0 Å². The van der Waals surface area contributed by atoms with Crippen molar-refractivity contribution < 1.29 is 4.79 Å². The van der Waals surface area contributed by atoms with Crippen LogP contribution in [0, 0.1) is 0 Å². The Morgan fingerprint density at radius 3 is 2.88 bits per heavy atom. The summed E-state index contributed by atoms with van der Waals surface area (Å²) in [6, 6.07) is 2.32. The molecular weight excluding hydrogens is 222 g/mol. The number of rotatable bonds is 6. The van der Waals surface area contributed by atoms with E-state index in [-0.39, 0.29) is 11.9 Å². The van der Waals surface area contributed by atoms with Gasteiger partial charge in [0.25, 0.3) is 0 Å². The van der Waals surface area contributed by atoms with Crippen LogP contribution >= 0.6 is 11.3 Å². The van der Waals surface area contributed by atoms with Crippen molar-refractivity contribution in [3.05, 3.63) is 22.4 Å². The summed E-state index contributed by atoms with van der Waals surface area (Å²) in [5.41, 5.74) is 6.56. The van der Waals surface area contributed by atoms with Gasteiger partial charge in [-0.15, -0.1) is 0 Å². The minimum atomic E-state index is 0.0181. The minimum absolute atomic E-state index is 0.0181. The first kappa shape index (κ1) is 13.2. The molecule has 0 aliphatic carbocycles. The maximum absolute atomic E-state index is 11.3. The van der Waals surface area contributed by atoms with Crippen LogP contribution in [0.15, 0.2) is 16.8 Å². The van der Waals surface area contributed by atoms with Crippen molar-refractivity contribution in [1.29, 1.82) is 0 Å². The molecular formula is C11H19N3OS. The largest absolute Gasteiger partial charge is 0.354 e. The van der Waals surface area contributed by atoms with E-state index < -0.39 is 0 Å². The number of thiophene rings is 1. The first-order valence-corrected chi connectivity index (χ1v) is 6.24. The molecule has 4 nitrogen and oxygen atoms in total. The van der Waals surface area contributed by atoms with Gasteiger partial charge in [0, 0.05) is 19.5 Å². The first-order chi connectivity index (χ1) is 7.65. The SMILES string of the molecule is CN(C)C(CNC(=O)CCN)c1ccsc1. The predicted molar refractivity (Wildman–Crippen MR) is 67.4 cm³/mol. The van der Waals surface area contributed by atoms with Gasteiger partial charge in [-0.2, -0.15) is 11.3 Å². The van der Waals surface area contributed by atoms with Crippen LogP contribution in [0.25, 0.3) is 0 Å². The molecule has 1 aromatic heterocycles. The van der Waals surface area contributed by atoms with Crippen LogP contribution < -0.4 is 11.1 Å². The van der Waals surface area contributed by atoms with Gasteiger partial charge in [-0.1, -0.05) is 0 Å². The van der Waals surface area contributed by atoms with E-state index in [0.29, 0.717) is 19.5 Å². The highest BCUT2D eigenvalue weighted by Crippen LogP contribution is 2.19. The van der Waals surface area contributed by atoms with Crippen molar-refractivity contribution in [3.8, 4) is 0 Å². The number of amides is 1. The summed E-state index contributed by atoms with van der Waals surface area (Å²) in [6.07, 6.45) is 0.393. The molecule has 0 aliphatic heterocycles. The predicted octanol–water partition coefficient (Wildman–Crippen LogP) is 0.816. The monoisotopic (exact) mass is 241 g/mol. The van der Waals surface area contributed by atoms with Crippen molar-refractivity contribution in [2.45, 2.75) is 12.5 Å². The van der Waals surface area contributed by atoms with Crippen LogP contribution in [-0.2, 0) is 4.79 Å². The Kier molecular flexibility index (Phi) is 5.45. The Hall–Kier alpha value is -0.910. The van der Waals surface area contributed by atoms with Gasteiger partial charge in [0.15, 0.2) is 0 Å². The maximum Gasteiger partial charge on any atom is 0.221 e. The molecule has 5 heteroatoms. The molecule has 0 spiro atoms. The Morgan fingerprint density at radius 1 is 1.62 bits per heavy atom. The molecule has 0 saturated heterocycles. The zero-order valence-electron chi connectivity index (χ0n) is 9.77. The van der Waals surface area contributed by atoms with Crippen LogP contribution in [0.2, 0.25) is 0 Å². The van der Waals surface area contributed by atoms with Gasteiger partial charge in [-0.3, -0.25) is 4.79 Å². The number of likely N-dealkylation sites (N-methyl/N-ethyl adjacent to an activating group) is 1. The molecule has 1 unspecified atom stereocenters. The second kappa shape index (κ2) is 6.62. The third-order valence-corrected chi connectivity index (χ3v) is 3.12. The second-order valence-electron chi connectivity index (χ2n) is 3.88. The molecule has 1 heterocycles. The highest BCUT2D eigenvalue weighted by molar-refractivity contribution is 7.07. The molecule has 0 aromatic carbocycles. The Bertz CT molecular complexity index is 311. The lowest BCUT2D eigenvalue weighted by Gasteiger charge is -2.23. The lowest BCUT2D eigenvalue weighted by atomic mass is 10.1. The Morgan fingerprint density at radius 2 is 2.38 bits per heavy atom. The molecule has 1 aromatic rings. The zero-order chi connectivity index (χ0) is 12.0. The van der Waals surface area contributed by atoms with Gasteiger partial charge in [0.1, 0.15) is 0 Å².